The van der Waals surface area contributed by atoms with Gasteiger partial charge in [-0.15, -0.1) is 0 Å². The van der Waals surface area contributed by atoms with Gasteiger partial charge in [-0.25, -0.2) is 9.59 Å². The number of rotatable bonds is 24. The summed E-state index contributed by atoms with van der Waals surface area (Å²) in [5.74, 6) is -6.57. The summed E-state index contributed by atoms with van der Waals surface area (Å²) in [7, 11) is 0. The summed E-state index contributed by atoms with van der Waals surface area (Å²) in [6.07, 6.45) is 1.89. The largest absolute Gasteiger partial charge is 0.465 e. The van der Waals surface area contributed by atoms with E-state index in [1.54, 1.807) is 13.8 Å². The fraction of sp³-hybridized carbons (Fsp3) is 0.838. The molecule has 283 valence electrons. The van der Waals surface area contributed by atoms with Gasteiger partial charge >= 0.3 is 36.3 Å². The normalized spacial score (nSPS) is 15.5. The summed E-state index contributed by atoms with van der Waals surface area (Å²) in [5, 5.41) is 0. The van der Waals surface area contributed by atoms with E-state index in [2.05, 4.69) is 0 Å². The van der Waals surface area contributed by atoms with E-state index in [-0.39, 0.29) is 49.8 Å². The molecule has 0 saturated heterocycles. The third kappa shape index (κ3) is 17.4. The SMILES string of the molecule is CCCCOC(=O)C(C(C)C(=O)OCC(C)C)C(C)(C)OC(=O)C(CCCCCC(=O)OCC(C)(C)C)OC(=O)C(C)C(C)(CC)O[C]=O. The van der Waals surface area contributed by atoms with Gasteiger partial charge in [0.1, 0.15) is 17.1 Å². The molecule has 0 aromatic heterocycles. The second kappa shape index (κ2) is 21.8. The number of esters is 5. The minimum Gasteiger partial charge on any atom is -0.465 e. The standard InChI is InChI=1S/C37H63O12/c1-13-15-21-44-34(43)30(26(5)31(40)45-22-25(3)4)36(10,11)49-33(42)28(48-32(41)27(6)37(12,14-2)47-24-38)19-17-16-18-20-29(39)46-23-35(7,8)9/h25-28,30H,13-23H2,1-12H3. The molecule has 5 unspecified atom stereocenters. The van der Waals surface area contributed by atoms with Crippen LogP contribution >= 0.6 is 0 Å². The van der Waals surface area contributed by atoms with Gasteiger partial charge in [0.15, 0.2) is 6.10 Å². The van der Waals surface area contributed by atoms with E-state index in [9.17, 15) is 28.8 Å². The maximum absolute atomic E-state index is 13.8. The van der Waals surface area contributed by atoms with Crippen LogP contribution in [0.25, 0.3) is 0 Å². The molecule has 0 aliphatic heterocycles. The molecule has 0 rings (SSSR count). The quantitative estimate of drug-likeness (QED) is 0.0617. The van der Waals surface area contributed by atoms with Crippen molar-refractivity contribution in [3.63, 3.8) is 0 Å². The average Bonchev–Trinajstić information content (AvgIpc) is 3.00. The first-order valence-electron chi connectivity index (χ1n) is 17.6. The van der Waals surface area contributed by atoms with Gasteiger partial charge < -0.3 is 28.4 Å². The molecule has 12 heteroatoms. The van der Waals surface area contributed by atoms with Gasteiger partial charge in [-0.3, -0.25) is 19.2 Å². The first kappa shape index (κ1) is 45.8. The van der Waals surface area contributed by atoms with E-state index >= 15 is 0 Å². The Kier molecular flexibility index (Phi) is 20.4. The molecule has 1 radical (unpaired) electrons. The monoisotopic (exact) mass is 699 g/mol. The highest BCUT2D eigenvalue weighted by molar-refractivity contribution is 5.84. The highest BCUT2D eigenvalue weighted by Crippen LogP contribution is 2.33. The van der Waals surface area contributed by atoms with Crippen LogP contribution in [0.3, 0.4) is 0 Å². The Hall–Kier alpha value is -3.18. The number of ether oxygens (including phenoxy) is 6. The van der Waals surface area contributed by atoms with Crippen molar-refractivity contribution in [1.29, 1.82) is 0 Å². The molecule has 0 fully saturated rings. The van der Waals surface area contributed by atoms with Gasteiger partial charge in [0.05, 0.1) is 31.7 Å². The zero-order valence-electron chi connectivity index (χ0n) is 32.1. The van der Waals surface area contributed by atoms with Crippen LogP contribution in [-0.4, -0.2) is 73.4 Å². The number of unbranched alkanes of at least 4 members (excludes halogenated alkanes) is 3. The van der Waals surface area contributed by atoms with Crippen molar-refractivity contribution in [1.82, 2.24) is 0 Å². The summed E-state index contributed by atoms with van der Waals surface area (Å²) in [6.45, 7) is 22.9. The van der Waals surface area contributed by atoms with Crippen LogP contribution in [0.5, 0.6) is 0 Å². The lowest BCUT2D eigenvalue weighted by Crippen LogP contribution is -2.50. The van der Waals surface area contributed by atoms with Crippen LogP contribution in [0.4, 0.5) is 0 Å². The van der Waals surface area contributed by atoms with E-state index in [4.69, 9.17) is 28.4 Å². The number of hydrogen-bond acceptors (Lipinski definition) is 12. The number of carbonyl (C=O) groups is 5. The molecule has 0 amide bonds. The van der Waals surface area contributed by atoms with Crippen molar-refractivity contribution in [2.75, 3.05) is 19.8 Å². The number of carbonyl (C=O) groups excluding carboxylic acids is 6. The molecule has 0 N–H and O–H groups in total. The van der Waals surface area contributed by atoms with Crippen molar-refractivity contribution in [3.8, 4) is 0 Å². The Labute approximate surface area is 294 Å². The zero-order chi connectivity index (χ0) is 38.0. The van der Waals surface area contributed by atoms with Gasteiger partial charge in [0.25, 0.3) is 0 Å². The average molecular weight is 700 g/mol. The maximum Gasteiger partial charge on any atom is 0.418 e. The molecule has 49 heavy (non-hydrogen) atoms. The lowest BCUT2D eigenvalue weighted by atomic mass is 9.80. The molecule has 0 bridgehead atoms. The third-order valence-electron chi connectivity index (χ3n) is 8.32. The van der Waals surface area contributed by atoms with Crippen molar-refractivity contribution in [2.24, 2.45) is 29.1 Å². The fourth-order valence-electron chi connectivity index (χ4n) is 4.83. The lowest BCUT2D eigenvalue weighted by molar-refractivity contribution is -0.193. The molecule has 0 aliphatic carbocycles. The van der Waals surface area contributed by atoms with Gasteiger partial charge in [0.2, 0.25) is 0 Å². The third-order valence-corrected chi connectivity index (χ3v) is 8.32. The smallest absolute Gasteiger partial charge is 0.418 e. The summed E-state index contributed by atoms with van der Waals surface area (Å²) >= 11 is 0. The Morgan fingerprint density at radius 3 is 1.90 bits per heavy atom. The number of hydrogen-bond donors (Lipinski definition) is 0. The van der Waals surface area contributed by atoms with Crippen molar-refractivity contribution in [2.45, 2.75) is 152 Å². The second-order valence-electron chi connectivity index (χ2n) is 15.2. The van der Waals surface area contributed by atoms with Crippen molar-refractivity contribution in [3.05, 3.63) is 0 Å². The molecule has 0 aromatic carbocycles. The highest BCUT2D eigenvalue weighted by atomic mass is 16.6. The van der Waals surface area contributed by atoms with Gasteiger partial charge in [-0.2, -0.15) is 0 Å². The summed E-state index contributed by atoms with van der Waals surface area (Å²) in [5.41, 5.74) is -2.98. The minimum atomic E-state index is -1.59. The molecule has 5 atom stereocenters. The van der Waals surface area contributed by atoms with Gasteiger partial charge in [-0.05, 0) is 71.1 Å². The molecular formula is C37H63O12. The topological polar surface area (TPSA) is 158 Å². The molecule has 0 aromatic rings. The van der Waals surface area contributed by atoms with Crippen molar-refractivity contribution >= 4 is 36.3 Å². The molecule has 0 saturated carbocycles. The Morgan fingerprint density at radius 2 is 1.37 bits per heavy atom. The van der Waals surface area contributed by atoms with E-state index in [0.29, 0.717) is 32.3 Å². The molecule has 0 aliphatic rings. The predicted octanol–water partition coefficient (Wildman–Crippen LogP) is 6.44. The second-order valence-corrected chi connectivity index (χ2v) is 15.2. The summed E-state index contributed by atoms with van der Waals surface area (Å²) in [4.78, 5) is 76.7. The zero-order valence-corrected chi connectivity index (χ0v) is 32.1. The summed E-state index contributed by atoms with van der Waals surface area (Å²) < 4.78 is 32.9. The molecule has 0 spiro atoms. The highest BCUT2D eigenvalue weighted by Gasteiger charge is 2.48. The lowest BCUT2D eigenvalue weighted by Gasteiger charge is -2.36. The van der Waals surface area contributed by atoms with E-state index in [1.165, 1.54) is 34.2 Å². The Morgan fingerprint density at radius 1 is 0.735 bits per heavy atom. The summed E-state index contributed by atoms with van der Waals surface area (Å²) in [6, 6.07) is 0. The first-order chi connectivity index (χ1) is 22.6. The van der Waals surface area contributed by atoms with E-state index in [1.807, 2.05) is 41.5 Å². The maximum atomic E-state index is 13.8. The first-order valence-corrected chi connectivity index (χ1v) is 17.6. The predicted molar refractivity (Wildman–Crippen MR) is 183 cm³/mol. The van der Waals surface area contributed by atoms with Crippen LogP contribution < -0.4 is 0 Å². The van der Waals surface area contributed by atoms with E-state index < -0.39 is 58.9 Å². The van der Waals surface area contributed by atoms with E-state index in [0.717, 1.165) is 6.42 Å². The van der Waals surface area contributed by atoms with Gasteiger partial charge in [-0.1, -0.05) is 68.2 Å². The van der Waals surface area contributed by atoms with Crippen LogP contribution in [0.2, 0.25) is 0 Å². The molecule has 0 heterocycles. The van der Waals surface area contributed by atoms with Crippen LogP contribution in [0, 0.1) is 29.1 Å². The molecule has 12 nitrogen and oxygen atoms in total. The van der Waals surface area contributed by atoms with Crippen LogP contribution in [0.15, 0.2) is 0 Å². The van der Waals surface area contributed by atoms with Gasteiger partial charge in [0, 0.05) is 6.42 Å². The fourth-order valence-corrected chi connectivity index (χ4v) is 4.83. The van der Waals surface area contributed by atoms with Crippen LogP contribution in [0.1, 0.15) is 134 Å². The van der Waals surface area contributed by atoms with Crippen LogP contribution in [-0.2, 0) is 57.2 Å². The minimum absolute atomic E-state index is 0.0471. The van der Waals surface area contributed by atoms with Crippen molar-refractivity contribution < 1.29 is 57.2 Å². The Bertz CT molecular complexity index is 1060. The Balaban J connectivity index is 6.11. The molecular weight excluding hydrogens is 636 g/mol.